The molecule has 0 spiro atoms. The van der Waals surface area contributed by atoms with E-state index in [9.17, 15) is 9.59 Å². The molecule has 1 aliphatic rings. The highest BCUT2D eigenvalue weighted by Crippen LogP contribution is 2.24. The van der Waals surface area contributed by atoms with Gasteiger partial charge in [-0.05, 0) is 18.6 Å². The molecule has 1 atom stereocenters. The molecule has 2 aromatic heterocycles. The largest absolute Gasteiger partial charge is 1.00 e. The summed E-state index contributed by atoms with van der Waals surface area (Å²) in [6, 6.07) is 6.27. The third-order valence-electron chi connectivity index (χ3n) is 4.92. The van der Waals surface area contributed by atoms with Gasteiger partial charge in [-0.3, -0.25) is 18.8 Å². The third kappa shape index (κ3) is 3.11. The number of nitrogens with zero attached hydrogens (tertiary/aromatic N) is 5. The van der Waals surface area contributed by atoms with Gasteiger partial charge in [-0.25, -0.2) is 9.78 Å². The number of benzene rings is 1. The monoisotopic (exact) mass is 388 g/mol. The normalized spacial score (nSPS) is 15.1. The molecule has 3 heterocycles. The van der Waals surface area contributed by atoms with E-state index in [1.165, 1.54) is 27.8 Å². The molecule has 0 saturated heterocycles. The van der Waals surface area contributed by atoms with E-state index in [1.54, 1.807) is 13.4 Å². The molecule has 0 amide bonds. The predicted octanol–water partition coefficient (Wildman–Crippen LogP) is -2.97. The Labute approximate surface area is 161 Å². The van der Waals surface area contributed by atoms with Crippen LogP contribution in [0.1, 0.15) is 12.0 Å². The van der Waals surface area contributed by atoms with Crippen LogP contribution in [0.3, 0.4) is 0 Å². The number of rotatable bonds is 4. The van der Waals surface area contributed by atoms with Gasteiger partial charge in [0, 0.05) is 33.1 Å². The fraction of sp³-hybridized carbons (Fsp3) is 0.333. The Morgan fingerprint density at radius 1 is 1.15 bits per heavy atom. The van der Waals surface area contributed by atoms with Gasteiger partial charge in [-0.2, -0.15) is 4.99 Å². The Morgan fingerprint density at radius 3 is 2.70 bits per heavy atom. The van der Waals surface area contributed by atoms with Crippen LogP contribution in [0.5, 0.6) is 0 Å². The fourth-order valence-corrected chi connectivity index (χ4v) is 3.44. The van der Waals surface area contributed by atoms with Gasteiger partial charge in [0.2, 0.25) is 0 Å². The van der Waals surface area contributed by atoms with Crippen LogP contribution >= 0.6 is 0 Å². The Hall–Kier alpha value is -2.71. The highest BCUT2D eigenvalue weighted by Gasteiger charge is 2.21. The lowest BCUT2D eigenvalue weighted by atomic mass is 10.2. The second kappa shape index (κ2) is 7.13. The lowest BCUT2D eigenvalue weighted by molar-refractivity contribution is -0.720. The highest BCUT2D eigenvalue weighted by molar-refractivity contribution is 5.72. The second-order valence-corrected chi connectivity index (χ2v) is 6.72. The Morgan fingerprint density at radius 2 is 1.93 bits per heavy atom. The zero-order valence-electron chi connectivity index (χ0n) is 15.4. The van der Waals surface area contributed by atoms with Crippen LogP contribution in [0.25, 0.3) is 11.2 Å². The first-order valence-electron chi connectivity index (χ1n) is 8.59. The molecule has 0 fully saturated rings. The maximum absolute atomic E-state index is 12.5. The third-order valence-corrected chi connectivity index (χ3v) is 4.92. The minimum absolute atomic E-state index is 0. The Kier molecular flexibility index (Phi) is 5.03. The summed E-state index contributed by atoms with van der Waals surface area (Å²) in [4.78, 5) is 34.4. The van der Waals surface area contributed by atoms with Crippen LogP contribution in [-0.4, -0.2) is 31.6 Å². The lowest BCUT2D eigenvalue weighted by Gasteiger charge is -2.11. The number of aryl methyl sites for hydroxylation is 3. The van der Waals surface area contributed by atoms with Crippen molar-refractivity contribution in [3.8, 4) is 0 Å². The van der Waals surface area contributed by atoms with E-state index in [-0.39, 0.29) is 23.7 Å². The quantitative estimate of drug-likeness (QED) is 0.518. The van der Waals surface area contributed by atoms with Gasteiger partial charge >= 0.3 is 5.69 Å². The molecule has 9 heteroatoms. The molecule has 1 unspecified atom stereocenters. The van der Waals surface area contributed by atoms with Crippen LogP contribution in [0.4, 0.5) is 11.4 Å². The number of nitrogens with one attached hydrogen (secondary N) is 1. The van der Waals surface area contributed by atoms with Crippen LogP contribution in [0, 0.1) is 6.92 Å². The van der Waals surface area contributed by atoms with E-state index in [2.05, 4.69) is 29.0 Å². The van der Waals surface area contributed by atoms with E-state index >= 15 is 0 Å². The van der Waals surface area contributed by atoms with Crippen molar-refractivity contribution in [3.05, 3.63) is 50.9 Å². The summed E-state index contributed by atoms with van der Waals surface area (Å²) >= 11 is 0. The summed E-state index contributed by atoms with van der Waals surface area (Å²) in [5.41, 5.74) is 3.65. The smallest absolute Gasteiger partial charge is 0.332 e. The van der Waals surface area contributed by atoms with Crippen molar-refractivity contribution < 1.29 is 17.3 Å². The molecule has 1 aliphatic heterocycles. The minimum atomic E-state index is -0.363. The molecular weight excluding hydrogens is 368 g/mol. The standard InChI is InChI=1S/C18H20N6O2.ClH/c1-12-5-6-13-14(9-12)23(10-19-13)7-4-8-24-11-20-16-15(24)17(25)22(3)18(26)21(16)2;/h5-6,9-11H,4,7-8H2,1-3H3;1H. The lowest BCUT2D eigenvalue weighted by Crippen LogP contribution is -3.05. The molecule has 142 valence electrons. The summed E-state index contributed by atoms with van der Waals surface area (Å²) in [5, 5.41) is 0. The SMILES string of the molecule is Cc1ccc2c(c1)[NH+](CCCn1cnc3c1c(=O)n(C)c(=O)n3C)C=N2.[Cl-]. The van der Waals surface area contributed by atoms with E-state index in [1.807, 2.05) is 17.0 Å². The van der Waals surface area contributed by atoms with Crippen molar-refractivity contribution >= 4 is 28.9 Å². The van der Waals surface area contributed by atoms with E-state index in [0.717, 1.165) is 23.2 Å². The Bertz CT molecular complexity index is 1160. The number of aliphatic imine (C=N–C) groups is 1. The summed E-state index contributed by atoms with van der Waals surface area (Å²) in [5.74, 6) is 0. The van der Waals surface area contributed by atoms with Crippen LogP contribution < -0.4 is 28.6 Å². The summed E-state index contributed by atoms with van der Waals surface area (Å²) in [6.45, 7) is 3.60. The zero-order valence-corrected chi connectivity index (χ0v) is 16.2. The van der Waals surface area contributed by atoms with Gasteiger partial charge in [0.05, 0.1) is 12.9 Å². The first kappa shape index (κ1) is 19.1. The van der Waals surface area contributed by atoms with E-state index < -0.39 is 0 Å². The summed E-state index contributed by atoms with van der Waals surface area (Å²) < 4.78 is 4.36. The minimum Gasteiger partial charge on any atom is -1.00 e. The maximum Gasteiger partial charge on any atom is 0.332 e. The first-order valence-corrected chi connectivity index (χ1v) is 8.59. The summed E-state index contributed by atoms with van der Waals surface area (Å²) in [7, 11) is 3.12. The molecule has 1 aromatic carbocycles. The first-order chi connectivity index (χ1) is 12.5. The number of hydrogen-bond acceptors (Lipinski definition) is 4. The van der Waals surface area contributed by atoms with E-state index in [0.29, 0.717) is 17.7 Å². The van der Waals surface area contributed by atoms with E-state index in [4.69, 9.17) is 0 Å². The maximum atomic E-state index is 12.5. The number of hydrogen-bond donors (Lipinski definition) is 1. The van der Waals surface area contributed by atoms with Gasteiger partial charge in [0.1, 0.15) is 5.69 Å². The Balaban J connectivity index is 0.00000210. The van der Waals surface area contributed by atoms with Crippen molar-refractivity contribution in [2.75, 3.05) is 6.54 Å². The number of halogens is 1. The number of fused-ring (bicyclic) bond motifs is 2. The predicted molar refractivity (Wildman–Crippen MR) is 99.7 cm³/mol. The van der Waals surface area contributed by atoms with Crippen molar-refractivity contribution in [2.45, 2.75) is 19.9 Å². The van der Waals surface area contributed by atoms with Crippen molar-refractivity contribution in [1.29, 1.82) is 0 Å². The van der Waals surface area contributed by atoms with Crippen LogP contribution in [0.2, 0.25) is 0 Å². The zero-order chi connectivity index (χ0) is 18.4. The highest BCUT2D eigenvalue weighted by atomic mass is 35.5. The second-order valence-electron chi connectivity index (χ2n) is 6.72. The molecule has 1 N–H and O–H groups in total. The molecule has 27 heavy (non-hydrogen) atoms. The van der Waals surface area contributed by atoms with Gasteiger partial charge in [0.25, 0.3) is 5.56 Å². The van der Waals surface area contributed by atoms with Crippen molar-refractivity contribution in [2.24, 2.45) is 19.1 Å². The van der Waals surface area contributed by atoms with Gasteiger partial charge in [0.15, 0.2) is 23.2 Å². The van der Waals surface area contributed by atoms with Gasteiger partial charge in [-0.15, -0.1) is 0 Å². The van der Waals surface area contributed by atoms with Crippen LogP contribution in [-0.2, 0) is 20.6 Å². The molecule has 0 saturated carbocycles. The number of aromatic nitrogens is 4. The van der Waals surface area contributed by atoms with Crippen molar-refractivity contribution in [3.63, 3.8) is 0 Å². The molecule has 4 rings (SSSR count). The molecule has 3 aromatic rings. The molecular formula is C18H21ClN6O2. The molecule has 0 bridgehead atoms. The average Bonchev–Trinajstić information content (AvgIpc) is 3.23. The number of quaternary nitrogens is 1. The molecule has 0 radical (unpaired) electrons. The van der Waals surface area contributed by atoms with Crippen LogP contribution in [0.15, 0.2) is 39.1 Å². The van der Waals surface area contributed by atoms with Gasteiger partial charge in [-0.1, -0.05) is 6.07 Å². The fourth-order valence-electron chi connectivity index (χ4n) is 3.44. The average molecular weight is 389 g/mol. The van der Waals surface area contributed by atoms with Gasteiger partial charge < -0.3 is 17.0 Å². The molecule has 8 nitrogen and oxygen atoms in total. The number of imidazole rings is 1. The molecule has 0 aliphatic carbocycles. The summed E-state index contributed by atoms with van der Waals surface area (Å²) in [6.07, 6.45) is 4.42. The van der Waals surface area contributed by atoms with Crippen molar-refractivity contribution in [1.82, 2.24) is 18.7 Å². The topological polar surface area (TPSA) is 78.6 Å².